The van der Waals surface area contributed by atoms with E-state index in [-0.39, 0.29) is 53.3 Å². The van der Waals surface area contributed by atoms with Crippen LogP contribution in [-0.4, -0.2) is 15.9 Å². The quantitative estimate of drug-likeness (QED) is 0.0680. The normalized spacial score (nSPS) is 13.2. The zero-order chi connectivity index (χ0) is 39.1. The number of carbonyl (C=O) groups excluding carboxylic acids is 1. The Hall–Kier alpha value is -3.53. The fourth-order valence-corrected chi connectivity index (χ4v) is 7.42. The van der Waals surface area contributed by atoms with Gasteiger partial charge >= 0.3 is 0 Å². The molecule has 4 nitrogen and oxygen atoms in total. The fraction of sp³-hybridized carbons (Fsp3) is 0.469. The molecule has 0 aliphatic carbocycles. The number of aromatic nitrogens is 1. The summed E-state index contributed by atoms with van der Waals surface area (Å²) in [5.74, 6) is 2.11. The summed E-state index contributed by atoms with van der Waals surface area (Å²) in [6.45, 7) is 28.0. The first-order valence-electron chi connectivity index (χ1n) is 19.7. The Balaban J connectivity index is 0.000000309. The van der Waals surface area contributed by atoms with Crippen molar-refractivity contribution in [3.8, 4) is 22.8 Å². The van der Waals surface area contributed by atoms with Crippen molar-refractivity contribution in [2.75, 3.05) is 0 Å². The zero-order valence-corrected chi connectivity index (χ0v) is 37.5. The van der Waals surface area contributed by atoms with E-state index in [2.05, 4.69) is 103 Å². The Morgan fingerprint density at radius 2 is 1.41 bits per heavy atom. The SMILES string of the molecule is CCC(C)(CC)C(=O)/C=C(\O)C(C)(CC)CC.Cc1ccc2c(CC(C)(C)C)c3c([c-]c2c1)-c1nccc2c1c(cc1c(CC(C)(C)C)cccc12)O3.[Ir]. The number of aliphatic hydroxyl groups is 1. The van der Waals surface area contributed by atoms with Crippen LogP contribution in [0.15, 0.2) is 66.6 Å². The molecular weight excluding hydrogens is 843 g/mol. The maximum absolute atomic E-state index is 12.2. The first-order chi connectivity index (χ1) is 24.8. The third kappa shape index (κ3) is 8.79. The topological polar surface area (TPSA) is 59.4 Å². The average molecular weight is 905 g/mol. The monoisotopic (exact) mass is 905 g/mol. The predicted molar refractivity (Wildman–Crippen MR) is 225 cm³/mol. The molecule has 291 valence electrons. The maximum atomic E-state index is 12.2. The van der Waals surface area contributed by atoms with Gasteiger partial charge in [0, 0.05) is 54.3 Å². The molecule has 5 aromatic rings. The first kappa shape index (κ1) is 43.2. The number of carbonyl (C=O) groups is 1. The Kier molecular flexibility index (Phi) is 13.0. The van der Waals surface area contributed by atoms with Crippen molar-refractivity contribution in [3.63, 3.8) is 0 Å². The van der Waals surface area contributed by atoms with Gasteiger partial charge < -0.3 is 9.84 Å². The standard InChI is InChI=1S/C34H34NO.C15H28O2.Ir/c1-20-11-12-23-22(15-20)16-27-31-30-25(13-14-35-31)24-10-8-9-21(18-33(2,3)4)26(24)17-29(30)36-32(27)28(23)19-34(5,6)7;1-7-14(5,8-2)12(16)11-13(17)15(6,9-3)10-4;/h8-15,17H,18-19H2,1-7H3;11,16H,7-10H2,1-6H3;/q-1;;/b;12-11-;. The zero-order valence-electron chi connectivity index (χ0n) is 35.1. The molecule has 2 heterocycles. The van der Waals surface area contributed by atoms with Crippen molar-refractivity contribution in [2.45, 2.75) is 129 Å². The van der Waals surface area contributed by atoms with Crippen molar-refractivity contribution < 1.29 is 34.7 Å². The summed E-state index contributed by atoms with van der Waals surface area (Å²) in [4.78, 5) is 17.1. The number of hydrogen-bond acceptors (Lipinski definition) is 4. The summed E-state index contributed by atoms with van der Waals surface area (Å²) >= 11 is 0. The number of hydrogen-bond donors (Lipinski definition) is 1. The number of benzene rings is 4. The fourth-order valence-electron chi connectivity index (χ4n) is 7.42. The van der Waals surface area contributed by atoms with Crippen LogP contribution in [0.3, 0.4) is 0 Å². The minimum Gasteiger partial charge on any atom is -0.512 e. The van der Waals surface area contributed by atoms with E-state index >= 15 is 0 Å². The van der Waals surface area contributed by atoms with Gasteiger partial charge in [0.2, 0.25) is 0 Å². The number of rotatable bonds is 9. The number of aliphatic hydroxyl groups excluding tert-OH is 1. The second-order valence-electron chi connectivity index (χ2n) is 18.3. The van der Waals surface area contributed by atoms with E-state index < -0.39 is 0 Å². The number of pyridine rings is 1. The summed E-state index contributed by atoms with van der Waals surface area (Å²) < 4.78 is 6.89. The summed E-state index contributed by atoms with van der Waals surface area (Å²) in [6, 6.07) is 21.5. The molecule has 1 aromatic heterocycles. The average Bonchev–Trinajstić information content (AvgIpc) is 3.10. The van der Waals surface area contributed by atoms with E-state index in [1.165, 1.54) is 44.3 Å². The third-order valence-electron chi connectivity index (χ3n) is 11.7. The van der Waals surface area contributed by atoms with Crippen LogP contribution in [0, 0.1) is 34.7 Å². The van der Waals surface area contributed by atoms with Gasteiger partial charge in [0.05, 0.1) is 5.75 Å². The van der Waals surface area contributed by atoms with Crippen LogP contribution in [0.1, 0.15) is 125 Å². The molecule has 0 saturated heterocycles. The van der Waals surface area contributed by atoms with Gasteiger partial charge in [-0.25, -0.2) is 0 Å². The van der Waals surface area contributed by atoms with E-state index in [1.54, 1.807) is 0 Å². The predicted octanol–water partition coefficient (Wildman–Crippen LogP) is 14.2. The Morgan fingerprint density at radius 1 is 0.778 bits per heavy atom. The van der Waals surface area contributed by atoms with E-state index in [1.807, 2.05) is 47.7 Å². The number of fused-ring (bicyclic) bond motifs is 5. The molecule has 1 N–H and O–H groups in total. The van der Waals surface area contributed by atoms with Crippen molar-refractivity contribution in [1.29, 1.82) is 0 Å². The molecule has 6 rings (SSSR count). The molecule has 0 fully saturated rings. The smallest absolute Gasteiger partial charge is 0.164 e. The largest absolute Gasteiger partial charge is 0.512 e. The summed E-state index contributed by atoms with van der Waals surface area (Å²) in [6.07, 6.45) is 8.63. The number of ketones is 1. The minimum absolute atomic E-state index is 0. The van der Waals surface area contributed by atoms with Gasteiger partial charge in [-0.2, -0.15) is 0 Å². The summed E-state index contributed by atoms with van der Waals surface area (Å²) in [5, 5.41) is 17.3. The van der Waals surface area contributed by atoms with Crippen molar-refractivity contribution in [1.82, 2.24) is 4.98 Å². The molecule has 54 heavy (non-hydrogen) atoms. The summed E-state index contributed by atoms with van der Waals surface area (Å²) in [7, 11) is 0. The molecule has 4 aromatic carbocycles. The molecule has 5 heteroatoms. The van der Waals surface area contributed by atoms with Gasteiger partial charge in [0.25, 0.3) is 0 Å². The molecular formula is C49H62IrNO3-. The second kappa shape index (κ2) is 16.3. The number of ether oxygens (including phenoxy) is 1. The Bertz CT molecular complexity index is 2190. The van der Waals surface area contributed by atoms with Crippen molar-refractivity contribution in [2.24, 2.45) is 21.7 Å². The maximum Gasteiger partial charge on any atom is 0.164 e. The molecule has 1 aliphatic heterocycles. The van der Waals surface area contributed by atoms with Crippen LogP contribution >= 0.6 is 0 Å². The molecule has 0 atom stereocenters. The molecule has 0 amide bonds. The van der Waals surface area contributed by atoms with Gasteiger partial charge in [-0.1, -0.05) is 135 Å². The Labute approximate surface area is 338 Å². The molecule has 0 saturated carbocycles. The van der Waals surface area contributed by atoms with Crippen LogP contribution in [0.25, 0.3) is 43.6 Å². The summed E-state index contributed by atoms with van der Waals surface area (Å²) in [5.41, 5.74) is 5.51. The minimum atomic E-state index is -0.337. The number of aryl methyl sites for hydroxylation is 1. The van der Waals surface area contributed by atoms with Crippen LogP contribution in [0.5, 0.6) is 11.5 Å². The number of nitrogens with zero attached hydrogens (tertiary/aromatic N) is 1. The first-order valence-corrected chi connectivity index (χ1v) is 19.7. The van der Waals surface area contributed by atoms with Crippen molar-refractivity contribution in [3.05, 3.63) is 89.3 Å². The molecule has 1 aliphatic rings. The van der Waals surface area contributed by atoms with Crippen molar-refractivity contribution >= 4 is 38.1 Å². The van der Waals surface area contributed by atoms with Crippen LogP contribution in [0.2, 0.25) is 0 Å². The van der Waals surface area contributed by atoms with E-state index in [4.69, 9.17) is 9.72 Å². The van der Waals surface area contributed by atoms with E-state index in [9.17, 15) is 9.90 Å². The molecule has 1 radical (unpaired) electrons. The van der Waals surface area contributed by atoms with E-state index in [0.717, 1.165) is 72.1 Å². The Morgan fingerprint density at radius 3 is 2.00 bits per heavy atom. The van der Waals surface area contributed by atoms with Gasteiger partial charge in [-0.3, -0.25) is 9.78 Å². The van der Waals surface area contributed by atoms with E-state index in [0.29, 0.717) is 0 Å². The van der Waals surface area contributed by atoms with Gasteiger partial charge in [0.1, 0.15) is 11.5 Å². The van der Waals surface area contributed by atoms with Gasteiger partial charge in [-0.05, 0) is 90.1 Å². The van der Waals surface area contributed by atoms with Crippen LogP contribution in [0.4, 0.5) is 0 Å². The molecule has 0 unspecified atom stereocenters. The van der Waals surface area contributed by atoms with Gasteiger partial charge in [-0.15, -0.1) is 17.5 Å². The van der Waals surface area contributed by atoms with Crippen LogP contribution < -0.4 is 4.74 Å². The second-order valence-corrected chi connectivity index (χ2v) is 18.3. The van der Waals surface area contributed by atoms with Crippen LogP contribution in [-0.2, 0) is 37.7 Å². The third-order valence-corrected chi connectivity index (χ3v) is 11.7. The van der Waals surface area contributed by atoms with Gasteiger partial charge in [0.15, 0.2) is 5.78 Å². The number of allylic oxidation sites excluding steroid dienone is 2. The molecule has 0 bridgehead atoms. The molecule has 0 spiro atoms.